The molecule has 1 aromatic carbocycles. The smallest absolute Gasteiger partial charge is 0.304 e. The van der Waals surface area contributed by atoms with Gasteiger partial charge in [0.05, 0.1) is 17.7 Å². The van der Waals surface area contributed by atoms with E-state index in [-0.39, 0.29) is 6.04 Å². The van der Waals surface area contributed by atoms with E-state index in [4.69, 9.17) is 5.73 Å². The third kappa shape index (κ3) is 3.39. The number of nitrogens with zero attached hydrogens (tertiary/aromatic N) is 3. The Bertz CT molecular complexity index is 625. The topological polar surface area (TPSA) is 87.0 Å². The van der Waals surface area contributed by atoms with Crippen LogP contribution in [0.1, 0.15) is 18.1 Å². The van der Waals surface area contributed by atoms with Crippen LogP contribution in [0.3, 0.4) is 0 Å². The molecule has 1 unspecified atom stereocenters. The van der Waals surface area contributed by atoms with Gasteiger partial charge in [0.25, 0.3) is 0 Å². The van der Waals surface area contributed by atoms with Crippen LogP contribution < -0.4 is 5.73 Å². The predicted octanol–water partition coefficient (Wildman–Crippen LogP) is 1.87. The minimum Gasteiger partial charge on any atom is -0.328 e. The van der Waals surface area contributed by atoms with Gasteiger partial charge >= 0.3 is 5.69 Å². The summed E-state index contributed by atoms with van der Waals surface area (Å²) >= 11 is 0. The summed E-state index contributed by atoms with van der Waals surface area (Å²) in [6.07, 6.45) is 4.27. The van der Waals surface area contributed by atoms with Crippen molar-refractivity contribution in [1.82, 2.24) is 9.78 Å². The standard InChI is InChI=1S/C13H15FN4O2/c1-9(15)4-11-6-16-17(8-11)7-10-2-3-13(18(19)20)12(14)5-10/h2-3,5-6,8-9H,4,7,15H2,1H3. The van der Waals surface area contributed by atoms with E-state index < -0.39 is 16.4 Å². The van der Waals surface area contributed by atoms with E-state index in [1.54, 1.807) is 10.9 Å². The summed E-state index contributed by atoms with van der Waals surface area (Å²) in [6.45, 7) is 2.26. The van der Waals surface area contributed by atoms with Gasteiger partial charge in [0.1, 0.15) is 0 Å². The van der Waals surface area contributed by atoms with Crippen molar-refractivity contribution in [2.45, 2.75) is 25.9 Å². The first kappa shape index (κ1) is 14.1. The van der Waals surface area contributed by atoms with E-state index in [0.29, 0.717) is 18.5 Å². The summed E-state index contributed by atoms with van der Waals surface area (Å²) in [7, 11) is 0. The molecule has 0 saturated carbocycles. The molecule has 2 rings (SSSR count). The number of nitro groups is 1. The Labute approximate surface area is 115 Å². The van der Waals surface area contributed by atoms with Gasteiger partial charge in [-0.25, -0.2) is 0 Å². The van der Waals surface area contributed by atoms with Crippen molar-refractivity contribution in [2.24, 2.45) is 5.73 Å². The van der Waals surface area contributed by atoms with Crippen LogP contribution in [0.2, 0.25) is 0 Å². The highest BCUT2D eigenvalue weighted by Crippen LogP contribution is 2.18. The fraction of sp³-hybridized carbons (Fsp3) is 0.308. The normalized spacial score (nSPS) is 12.3. The summed E-state index contributed by atoms with van der Waals surface area (Å²) in [4.78, 5) is 9.79. The fourth-order valence-corrected chi connectivity index (χ4v) is 1.95. The number of hydrogen-bond acceptors (Lipinski definition) is 4. The van der Waals surface area contributed by atoms with Gasteiger partial charge in [-0.3, -0.25) is 14.8 Å². The monoisotopic (exact) mass is 278 g/mol. The van der Waals surface area contributed by atoms with E-state index in [0.717, 1.165) is 17.7 Å². The number of benzene rings is 1. The van der Waals surface area contributed by atoms with Crippen LogP contribution >= 0.6 is 0 Å². The van der Waals surface area contributed by atoms with Crippen LogP contribution in [0.15, 0.2) is 30.6 Å². The largest absolute Gasteiger partial charge is 0.328 e. The van der Waals surface area contributed by atoms with Crippen LogP contribution in [0.25, 0.3) is 0 Å². The van der Waals surface area contributed by atoms with E-state index in [2.05, 4.69) is 5.10 Å². The van der Waals surface area contributed by atoms with E-state index in [1.165, 1.54) is 6.07 Å². The third-order valence-electron chi connectivity index (χ3n) is 2.80. The number of hydrogen-bond donors (Lipinski definition) is 1. The average Bonchev–Trinajstić information content (AvgIpc) is 2.75. The van der Waals surface area contributed by atoms with Crippen LogP contribution in [0.4, 0.5) is 10.1 Å². The molecule has 0 bridgehead atoms. The van der Waals surface area contributed by atoms with E-state index >= 15 is 0 Å². The van der Waals surface area contributed by atoms with Crippen molar-refractivity contribution < 1.29 is 9.31 Å². The molecule has 0 fully saturated rings. The molecule has 6 nitrogen and oxygen atoms in total. The zero-order chi connectivity index (χ0) is 14.7. The van der Waals surface area contributed by atoms with Crippen LogP contribution in [0.5, 0.6) is 0 Å². The molecule has 20 heavy (non-hydrogen) atoms. The average molecular weight is 278 g/mol. The van der Waals surface area contributed by atoms with Gasteiger partial charge in [-0.1, -0.05) is 6.07 Å². The molecule has 0 aliphatic carbocycles. The molecular weight excluding hydrogens is 263 g/mol. The second-order valence-electron chi connectivity index (χ2n) is 4.77. The van der Waals surface area contributed by atoms with Gasteiger partial charge in [0.2, 0.25) is 5.82 Å². The van der Waals surface area contributed by atoms with Gasteiger partial charge in [-0.2, -0.15) is 9.49 Å². The SMILES string of the molecule is CC(N)Cc1cnn(Cc2ccc([N+](=O)[O-])c(F)c2)c1. The Morgan fingerprint density at radius 1 is 1.50 bits per heavy atom. The molecule has 0 aliphatic heterocycles. The lowest BCUT2D eigenvalue weighted by Crippen LogP contribution is -2.17. The maximum absolute atomic E-state index is 13.5. The number of nitro benzene ring substituents is 1. The van der Waals surface area contributed by atoms with Crippen molar-refractivity contribution in [3.63, 3.8) is 0 Å². The minimum atomic E-state index is -0.838. The highest BCUT2D eigenvalue weighted by Gasteiger charge is 2.14. The van der Waals surface area contributed by atoms with Gasteiger partial charge in [-0.15, -0.1) is 0 Å². The Kier molecular flexibility index (Phi) is 4.09. The van der Waals surface area contributed by atoms with E-state index in [9.17, 15) is 14.5 Å². The summed E-state index contributed by atoms with van der Waals surface area (Å²) in [6, 6.07) is 3.89. The number of aromatic nitrogens is 2. The lowest BCUT2D eigenvalue weighted by Gasteiger charge is -2.03. The van der Waals surface area contributed by atoms with Crippen molar-refractivity contribution in [3.8, 4) is 0 Å². The highest BCUT2D eigenvalue weighted by molar-refractivity contribution is 5.35. The minimum absolute atomic E-state index is 0.0458. The first-order valence-electron chi connectivity index (χ1n) is 6.15. The van der Waals surface area contributed by atoms with Crippen molar-refractivity contribution in [3.05, 3.63) is 57.7 Å². The predicted molar refractivity (Wildman–Crippen MR) is 71.7 cm³/mol. The molecule has 2 N–H and O–H groups in total. The van der Waals surface area contributed by atoms with Gasteiger partial charge in [0.15, 0.2) is 0 Å². The molecular formula is C13H15FN4O2. The Morgan fingerprint density at radius 3 is 2.85 bits per heavy atom. The summed E-state index contributed by atoms with van der Waals surface area (Å²) in [5.41, 5.74) is 6.80. The molecule has 0 amide bonds. The van der Waals surface area contributed by atoms with Crippen molar-refractivity contribution in [1.29, 1.82) is 0 Å². The first-order chi connectivity index (χ1) is 9.45. The lowest BCUT2D eigenvalue weighted by atomic mass is 10.1. The van der Waals surface area contributed by atoms with Gasteiger partial charge in [0, 0.05) is 18.3 Å². The molecule has 106 valence electrons. The second kappa shape index (κ2) is 5.79. The molecule has 7 heteroatoms. The Hall–Kier alpha value is -2.28. The summed E-state index contributed by atoms with van der Waals surface area (Å²) in [5, 5.41) is 14.7. The number of nitrogens with two attached hydrogens (primary N) is 1. The molecule has 1 atom stereocenters. The maximum atomic E-state index is 13.5. The fourth-order valence-electron chi connectivity index (χ4n) is 1.95. The summed E-state index contributed by atoms with van der Waals surface area (Å²) in [5.74, 6) is -0.838. The summed E-state index contributed by atoms with van der Waals surface area (Å²) < 4.78 is 15.1. The molecule has 1 heterocycles. The first-order valence-corrected chi connectivity index (χ1v) is 6.15. The Morgan fingerprint density at radius 2 is 2.25 bits per heavy atom. The van der Waals surface area contributed by atoms with E-state index in [1.807, 2.05) is 13.1 Å². The molecule has 1 aromatic heterocycles. The molecule has 0 radical (unpaired) electrons. The highest BCUT2D eigenvalue weighted by atomic mass is 19.1. The molecule has 2 aromatic rings. The van der Waals surface area contributed by atoms with Crippen LogP contribution in [0, 0.1) is 15.9 Å². The number of halogens is 1. The maximum Gasteiger partial charge on any atom is 0.304 e. The second-order valence-corrected chi connectivity index (χ2v) is 4.77. The third-order valence-corrected chi connectivity index (χ3v) is 2.80. The Balaban J connectivity index is 2.12. The lowest BCUT2D eigenvalue weighted by molar-refractivity contribution is -0.387. The van der Waals surface area contributed by atoms with Crippen LogP contribution in [-0.2, 0) is 13.0 Å². The zero-order valence-electron chi connectivity index (χ0n) is 11.0. The molecule has 0 aliphatic rings. The van der Waals surface area contributed by atoms with Crippen molar-refractivity contribution in [2.75, 3.05) is 0 Å². The molecule has 0 spiro atoms. The quantitative estimate of drug-likeness (QED) is 0.668. The van der Waals surface area contributed by atoms with Gasteiger partial charge in [-0.05, 0) is 30.5 Å². The van der Waals surface area contributed by atoms with Gasteiger partial charge < -0.3 is 5.73 Å². The molecule has 0 saturated heterocycles. The van der Waals surface area contributed by atoms with Crippen molar-refractivity contribution >= 4 is 5.69 Å². The van der Waals surface area contributed by atoms with Crippen LogP contribution in [-0.4, -0.2) is 20.7 Å². The number of rotatable bonds is 5. The zero-order valence-corrected chi connectivity index (χ0v) is 11.0.